The molecule has 0 aliphatic carbocycles. The second-order valence-electron chi connectivity index (χ2n) is 4.48. The number of rotatable bonds is 3. The van der Waals surface area contributed by atoms with Gasteiger partial charge in [-0.05, 0) is 30.7 Å². The molecule has 1 aliphatic heterocycles. The van der Waals surface area contributed by atoms with Gasteiger partial charge in [0.1, 0.15) is 0 Å². The topological polar surface area (TPSA) is 29.3 Å². The van der Waals surface area contributed by atoms with Crippen molar-refractivity contribution in [2.24, 2.45) is 5.73 Å². The van der Waals surface area contributed by atoms with Gasteiger partial charge >= 0.3 is 0 Å². The molecule has 1 fully saturated rings. The summed E-state index contributed by atoms with van der Waals surface area (Å²) in [5, 5.41) is 0. The molecule has 1 aliphatic rings. The fourth-order valence-corrected chi connectivity index (χ4v) is 3.49. The van der Waals surface area contributed by atoms with E-state index in [2.05, 4.69) is 43.1 Å². The third-order valence-corrected chi connectivity index (χ3v) is 4.41. The van der Waals surface area contributed by atoms with E-state index in [1.807, 2.05) is 11.8 Å². The van der Waals surface area contributed by atoms with Gasteiger partial charge in [-0.3, -0.25) is 0 Å². The van der Waals surface area contributed by atoms with Crippen LogP contribution in [-0.2, 0) is 0 Å². The predicted octanol–water partition coefficient (Wildman–Crippen LogP) is 2.65. The number of hydrogen-bond donors (Lipinski definition) is 1. The van der Waals surface area contributed by atoms with Gasteiger partial charge in [0.15, 0.2) is 0 Å². The van der Waals surface area contributed by atoms with E-state index in [1.54, 1.807) is 0 Å². The molecular formula is C13H20N2S. The first kappa shape index (κ1) is 11.8. The van der Waals surface area contributed by atoms with Crippen LogP contribution in [0.5, 0.6) is 0 Å². The molecule has 2 N–H and O–H groups in total. The van der Waals surface area contributed by atoms with Gasteiger partial charge in [-0.25, -0.2) is 0 Å². The van der Waals surface area contributed by atoms with E-state index in [1.165, 1.54) is 29.2 Å². The van der Waals surface area contributed by atoms with Crippen LogP contribution in [0.3, 0.4) is 0 Å². The summed E-state index contributed by atoms with van der Waals surface area (Å²) in [4.78, 5) is 2.40. The van der Waals surface area contributed by atoms with Crippen LogP contribution in [0.25, 0.3) is 0 Å². The van der Waals surface area contributed by atoms with Crippen LogP contribution < -0.4 is 10.6 Å². The van der Waals surface area contributed by atoms with Crippen molar-refractivity contribution < 1.29 is 0 Å². The summed E-state index contributed by atoms with van der Waals surface area (Å²) in [6, 6.07) is 9.26. The number of nitrogens with zero attached hydrogens (tertiary/aromatic N) is 1. The van der Waals surface area contributed by atoms with Crippen LogP contribution in [0.1, 0.15) is 24.9 Å². The summed E-state index contributed by atoms with van der Waals surface area (Å²) < 4.78 is 0. The SMILES string of the molecule is CC(N)c1ccccc1N(C)C1CCSC1. The van der Waals surface area contributed by atoms with E-state index in [4.69, 9.17) is 5.73 Å². The van der Waals surface area contributed by atoms with Crippen molar-refractivity contribution in [1.29, 1.82) is 0 Å². The molecule has 0 radical (unpaired) electrons. The van der Waals surface area contributed by atoms with Gasteiger partial charge in [-0.2, -0.15) is 11.8 Å². The highest BCUT2D eigenvalue weighted by atomic mass is 32.2. The third kappa shape index (κ3) is 2.36. The highest BCUT2D eigenvalue weighted by Gasteiger charge is 2.22. The standard InChI is InChI=1S/C13H20N2S/c1-10(14)12-5-3-4-6-13(12)15(2)11-7-8-16-9-11/h3-6,10-11H,7-9,14H2,1-2H3. The van der Waals surface area contributed by atoms with Crippen molar-refractivity contribution in [1.82, 2.24) is 0 Å². The average molecular weight is 236 g/mol. The molecule has 0 spiro atoms. The molecule has 0 saturated carbocycles. The Morgan fingerprint density at radius 2 is 2.19 bits per heavy atom. The van der Waals surface area contributed by atoms with Crippen molar-refractivity contribution in [2.75, 3.05) is 23.5 Å². The highest BCUT2D eigenvalue weighted by Crippen LogP contribution is 2.30. The van der Waals surface area contributed by atoms with Crippen LogP contribution >= 0.6 is 11.8 Å². The smallest absolute Gasteiger partial charge is 0.0414 e. The van der Waals surface area contributed by atoms with Crippen LogP contribution in [-0.4, -0.2) is 24.6 Å². The van der Waals surface area contributed by atoms with Gasteiger partial charge < -0.3 is 10.6 Å². The minimum atomic E-state index is 0.104. The third-order valence-electron chi connectivity index (χ3n) is 3.26. The summed E-state index contributed by atoms with van der Waals surface area (Å²) in [6.45, 7) is 2.05. The van der Waals surface area contributed by atoms with E-state index in [0.717, 1.165) is 0 Å². The average Bonchev–Trinajstić information content (AvgIpc) is 2.81. The first-order valence-electron chi connectivity index (χ1n) is 5.85. The summed E-state index contributed by atoms with van der Waals surface area (Å²) in [5.74, 6) is 2.53. The molecule has 1 aromatic rings. The van der Waals surface area contributed by atoms with E-state index in [-0.39, 0.29) is 6.04 Å². The lowest BCUT2D eigenvalue weighted by Crippen LogP contribution is -2.32. The second kappa shape index (κ2) is 5.11. The first-order valence-corrected chi connectivity index (χ1v) is 7.00. The molecule has 2 rings (SSSR count). The van der Waals surface area contributed by atoms with E-state index in [9.17, 15) is 0 Å². The molecule has 3 heteroatoms. The van der Waals surface area contributed by atoms with E-state index >= 15 is 0 Å². The molecular weight excluding hydrogens is 216 g/mol. The van der Waals surface area contributed by atoms with Crippen LogP contribution in [0, 0.1) is 0 Å². The van der Waals surface area contributed by atoms with Gasteiger partial charge in [0.25, 0.3) is 0 Å². The first-order chi connectivity index (χ1) is 7.70. The van der Waals surface area contributed by atoms with Crippen LogP contribution in [0.4, 0.5) is 5.69 Å². The Labute approximate surface area is 102 Å². The summed E-state index contributed by atoms with van der Waals surface area (Å²) >= 11 is 2.05. The number of benzene rings is 1. The minimum absolute atomic E-state index is 0.104. The quantitative estimate of drug-likeness (QED) is 0.875. The Hall–Kier alpha value is -0.670. The molecule has 0 amide bonds. The van der Waals surface area contributed by atoms with Crippen molar-refractivity contribution in [3.8, 4) is 0 Å². The van der Waals surface area contributed by atoms with Gasteiger partial charge in [-0.15, -0.1) is 0 Å². The number of hydrogen-bond acceptors (Lipinski definition) is 3. The molecule has 1 aromatic carbocycles. The Bertz CT molecular complexity index is 346. The summed E-state index contributed by atoms with van der Waals surface area (Å²) in [7, 11) is 2.19. The summed E-state index contributed by atoms with van der Waals surface area (Å²) in [5.41, 5.74) is 8.57. The maximum atomic E-state index is 6.02. The predicted molar refractivity (Wildman–Crippen MR) is 73.2 cm³/mol. The van der Waals surface area contributed by atoms with Gasteiger partial charge in [0.05, 0.1) is 0 Å². The molecule has 1 saturated heterocycles. The summed E-state index contributed by atoms with van der Waals surface area (Å²) in [6.07, 6.45) is 1.29. The molecule has 2 unspecified atom stereocenters. The fraction of sp³-hybridized carbons (Fsp3) is 0.538. The Balaban J connectivity index is 2.24. The number of thioether (sulfide) groups is 1. The van der Waals surface area contributed by atoms with Crippen molar-refractivity contribution in [3.05, 3.63) is 29.8 Å². The normalized spacial score (nSPS) is 22.1. The van der Waals surface area contributed by atoms with Gasteiger partial charge in [0, 0.05) is 30.6 Å². The molecule has 88 valence electrons. The molecule has 0 bridgehead atoms. The Kier molecular flexibility index (Phi) is 3.77. The van der Waals surface area contributed by atoms with Gasteiger partial charge in [0.2, 0.25) is 0 Å². The van der Waals surface area contributed by atoms with Crippen LogP contribution in [0.15, 0.2) is 24.3 Å². The maximum Gasteiger partial charge on any atom is 0.0414 e. The van der Waals surface area contributed by atoms with Crippen molar-refractivity contribution in [3.63, 3.8) is 0 Å². The Morgan fingerprint density at radius 3 is 2.81 bits per heavy atom. The molecule has 2 nitrogen and oxygen atoms in total. The maximum absolute atomic E-state index is 6.02. The zero-order valence-corrected chi connectivity index (χ0v) is 10.8. The Morgan fingerprint density at radius 1 is 1.44 bits per heavy atom. The number of anilines is 1. The zero-order valence-electron chi connectivity index (χ0n) is 10.0. The lowest BCUT2D eigenvalue weighted by molar-refractivity contribution is 0.690. The largest absolute Gasteiger partial charge is 0.370 e. The molecule has 16 heavy (non-hydrogen) atoms. The minimum Gasteiger partial charge on any atom is -0.370 e. The van der Waals surface area contributed by atoms with Gasteiger partial charge in [-0.1, -0.05) is 18.2 Å². The fourth-order valence-electron chi connectivity index (χ4n) is 2.22. The van der Waals surface area contributed by atoms with E-state index in [0.29, 0.717) is 6.04 Å². The van der Waals surface area contributed by atoms with Crippen molar-refractivity contribution in [2.45, 2.75) is 25.4 Å². The number of para-hydroxylation sites is 1. The monoisotopic (exact) mass is 236 g/mol. The second-order valence-corrected chi connectivity index (χ2v) is 5.63. The van der Waals surface area contributed by atoms with Crippen molar-refractivity contribution >= 4 is 17.4 Å². The van der Waals surface area contributed by atoms with E-state index < -0.39 is 0 Å². The van der Waals surface area contributed by atoms with Crippen LogP contribution in [0.2, 0.25) is 0 Å². The lowest BCUT2D eigenvalue weighted by atomic mass is 10.0. The molecule has 0 aromatic heterocycles. The molecule has 1 heterocycles. The zero-order chi connectivity index (χ0) is 11.5. The number of nitrogens with two attached hydrogens (primary N) is 1. The lowest BCUT2D eigenvalue weighted by Gasteiger charge is -2.29. The highest BCUT2D eigenvalue weighted by molar-refractivity contribution is 7.99. The molecule has 2 atom stereocenters.